The van der Waals surface area contributed by atoms with Crippen LogP contribution in [0.3, 0.4) is 0 Å². The lowest BCUT2D eigenvalue weighted by atomic mass is 9.93. The van der Waals surface area contributed by atoms with E-state index in [2.05, 4.69) is 4.90 Å². The van der Waals surface area contributed by atoms with E-state index in [-0.39, 0.29) is 17.0 Å². The highest BCUT2D eigenvalue weighted by atomic mass is 19.1. The summed E-state index contributed by atoms with van der Waals surface area (Å²) in [4.78, 5) is 26.1. The third-order valence-corrected chi connectivity index (χ3v) is 5.53. The van der Waals surface area contributed by atoms with Gasteiger partial charge in [0.25, 0.3) is 0 Å². The van der Waals surface area contributed by atoms with Crippen LogP contribution in [-0.4, -0.2) is 28.7 Å². The summed E-state index contributed by atoms with van der Waals surface area (Å²) in [6.45, 7) is 3.65. The third kappa shape index (κ3) is 2.42. The number of carboxylic acids is 1. The fourth-order valence-electron chi connectivity index (χ4n) is 4.25. The number of rotatable bonds is 2. The summed E-state index contributed by atoms with van der Waals surface area (Å²) in [5.41, 5.74) is 1.27. The largest absolute Gasteiger partial charge is 0.477 e. The topological polar surface area (TPSA) is 62.5 Å². The van der Waals surface area contributed by atoms with Crippen molar-refractivity contribution >= 4 is 22.6 Å². The van der Waals surface area contributed by atoms with Gasteiger partial charge < -0.3 is 14.6 Å². The zero-order chi connectivity index (χ0) is 17.7. The van der Waals surface area contributed by atoms with Crippen LogP contribution in [0.2, 0.25) is 0 Å². The number of aryl methyl sites for hydroxylation is 1. The maximum Gasteiger partial charge on any atom is 0.341 e. The van der Waals surface area contributed by atoms with Crippen LogP contribution < -0.4 is 10.3 Å². The van der Waals surface area contributed by atoms with Crippen molar-refractivity contribution in [3.63, 3.8) is 0 Å². The minimum Gasteiger partial charge on any atom is -0.477 e. The number of aromatic carboxylic acids is 1. The van der Waals surface area contributed by atoms with Gasteiger partial charge in [0.1, 0.15) is 11.4 Å². The molecule has 1 aromatic carbocycles. The first kappa shape index (κ1) is 16.1. The number of halogens is 1. The van der Waals surface area contributed by atoms with Crippen molar-refractivity contribution in [3.05, 3.63) is 39.4 Å². The minimum atomic E-state index is -1.27. The maximum atomic E-state index is 15.0. The number of piperidine rings is 1. The maximum absolute atomic E-state index is 15.0. The highest BCUT2D eigenvalue weighted by Crippen LogP contribution is 2.38. The Morgan fingerprint density at radius 2 is 2.00 bits per heavy atom. The van der Waals surface area contributed by atoms with Gasteiger partial charge in [-0.2, -0.15) is 0 Å². The van der Waals surface area contributed by atoms with E-state index < -0.39 is 17.2 Å². The lowest BCUT2D eigenvalue weighted by Crippen LogP contribution is -2.33. The van der Waals surface area contributed by atoms with Crippen LogP contribution in [0, 0.1) is 5.82 Å². The van der Waals surface area contributed by atoms with Crippen molar-refractivity contribution in [1.29, 1.82) is 0 Å². The van der Waals surface area contributed by atoms with Crippen molar-refractivity contribution in [2.75, 3.05) is 18.0 Å². The van der Waals surface area contributed by atoms with Gasteiger partial charge >= 0.3 is 5.97 Å². The number of hydrogen-bond acceptors (Lipinski definition) is 3. The predicted molar refractivity (Wildman–Crippen MR) is 94.2 cm³/mol. The fraction of sp³-hybridized carbons (Fsp3) is 0.474. The average molecular weight is 344 g/mol. The molecular formula is C19H21FN2O3. The van der Waals surface area contributed by atoms with E-state index in [1.807, 2.05) is 11.5 Å². The molecule has 1 atom stereocenters. The Hall–Kier alpha value is -2.37. The Morgan fingerprint density at radius 1 is 1.28 bits per heavy atom. The highest BCUT2D eigenvalue weighted by molar-refractivity contribution is 5.95. The fourth-order valence-corrected chi connectivity index (χ4v) is 4.25. The average Bonchev–Trinajstić information content (AvgIpc) is 2.60. The number of nitrogens with zero attached hydrogens (tertiary/aromatic N) is 2. The first-order chi connectivity index (χ1) is 12.0. The van der Waals surface area contributed by atoms with Crippen LogP contribution in [0.25, 0.3) is 10.9 Å². The Morgan fingerprint density at radius 3 is 2.68 bits per heavy atom. The molecular weight excluding hydrogens is 323 g/mol. The van der Waals surface area contributed by atoms with Gasteiger partial charge in [0.05, 0.1) is 11.2 Å². The Bertz CT molecular complexity index is 929. The number of carboxylic acid groups (broad SMARTS) is 1. The van der Waals surface area contributed by atoms with Gasteiger partial charge in [-0.25, -0.2) is 9.18 Å². The second-order valence-electron chi connectivity index (χ2n) is 7.10. The van der Waals surface area contributed by atoms with Crippen molar-refractivity contribution in [1.82, 2.24) is 4.57 Å². The summed E-state index contributed by atoms with van der Waals surface area (Å²) < 4.78 is 16.8. The Kier molecular flexibility index (Phi) is 3.78. The first-order valence-corrected chi connectivity index (χ1v) is 8.87. The van der Waals surface area contributed by atoms with E-state index in [1.54, 1.807) is 0 Å². The number of hydrogen-bond donors (Lipinski definition) is 1. The van der Waals surface area contributed by atoms with Crippen molar-refractivity contribution in [2.24, 2.45) is 0 Å². The molecule has 0 bridgehead atoms. The molecule has 5 nitrogen and oxygen atoms in total. The standard InChI is InChI=1S/C19H21FN2O3/c1-11-5-6-12-16-13(18(23)14(19(24)25)10-22(11)16)9-15(20)17(12)21-7-3-2-4-8-21/h9-11H,2-8H2,1H3,(H,24,25)/t11-/m0/s1. The molecule has 0 radical (unpaired) electrons. The lowest BCUT2D eigenvalue weighted by Gasteiger charge is -2.34. The molecule has 2 aromatic rings. The van der Waals surface area contributed by atoms with Crippen LogP contribution in [-0.2, 0) is 6.42 Å². The van der Waals surface area contributed by atoms with Crippen molar-refractivity contribution in [3.8, 4) is 0 Å². The van der Waals surface area contributed by atoms with Gasteiger partial charge in [-0.1, -0.05) is 0 Å². The molecule has 132 valence electrons. The third-order valence-electron chi connectivity index (χ3n) is 5.53. The quantitative estimate of drug-likeness (QED) is 0.908. The number of carbonyl (C=O) groups is 1. The van der Waals surface area contributed by atoms with Gasteiger partial charge in [-0.05, 0) is 45.1 Å². The Balaban J connectivity index is 2.06. The van der Waals surface area contributed by atoms with E-state index in [4.69, 9.17) is 0 Å². The first-order valence-electron chi connectivity index (χ1n) is 8.87. The molecule has 0 amide bonds. The summed E-state index contributed by atoms with van der Waals surface area (Å²) in [6, 6.07) is 1.32. The second kappa shape index (κ2) is 5.86. The molecule has 2 aliphatic rings. The van der Waals surface area contributed by atoms with E-state index in [0.717, 1.165) is 44.3 Å². The van der Waals surface area contributed by atoms with Crippen LogP contribution in [0.1, 0.15) is 54.6 Å². The number of anilines is 1. The van der Waals surface area contributed by atoms with E-state index in [9.17, 15) is 19.1 Å². The predicted octanol–water partition coefficient (Wildman–Crippen LogP) is 3.34. The summed E-state index contributed by atoms with van der Waals surface area (Å²) in [5, 5.41) is 9.51. The SMILES string of the molecule is C[C@H]1CCc2c(N3CCCCC3)c(F)cc3c(=O)c(C(=O)O)cn1c23. The van der Waals surface area contributed by atoms with E-state index in [1.165, 1.54) is 12.3 Å². The number of benzene rings is 1. The van der Waals surface area contributed by atoms with Crippen LogP contribution in [0.5, 0.6) is 0 Å². The van der Waals surface area contributed by atoms with Crippen LogP contribution >= 0.6 is 0 Å². The smallest absolute Gasteiger partial charge is 0.341 e. The van der Waals surface area contributed by atoms with E-state index >= 15 is 0 Å². The zero-order valence-corrected chi connectivity index (χ0v) is 14.2. The monoisotopic (exact) mass is 344 g/mol. The molecule has 0 aliphatic carbocycles. The molecule has 25 heavy (non-hydrogen) atoms. The molecule has 6 heteroatoms. The van der Waals surface area contributed by atoms with Crippen LogP contribution in [0.4, 0.5) is 10.1 Å². The van der Waals surface area contributed by atoms with E-state index in [0.29, 0.717) is 17.6 Å². The molecule has 2 aliphatic heterocycles. The Labute approximate surface area is 144 Å². The molecule has 0 unspecified atom stereocenters. The minimum absolute atomic E-state index is 0.0772. The van der Waals surface area contributed by atoms with Crippen molar-refractivity contribution < 1.29 is 14.3 Å². The van der Waals surface area contributed by atoms with Gasteiger partial charge in [0.15, 0.2) is 0 Å². The summed E-state index contributed by atoms with van der Waals surface area (Å²) in [5.74, 6) is -1.68. The number of pyridine rings is 1. The zero-order valence-electron chi connectivity index (χ0n) is 14.2. The lowest BCUT2D eigenvalue weighted by molar-refractivity contribution is 0.0694. The summed E-state index contributed by atoms with van der Waals surface area (Å²) >= 11 is 0. The second-order valence-corrected chi connectivity index (χ2v) is 7.10. The normalized spacial score (nSPS) is 20.1. The van der Waals surface area contributed by atoms with Crippen molar-refractivity contribution in [2.45, 2.75) is 45.1 Å². The van der Waals surface area contributed by atoms with Gasteiger partial charge in [-0.3, -0.25) is 4.79 Å². The molecule has 4 rings (SSSR count). The summed E-state index contributed by atoms with van der Waals surface area (Å²) in [6.07, 6.45) is 6.17. The molecule has 1 aromatic heterocycles. The highest BCUT2D eigenvalue weighted by Gasteiger charge is 2.28. The van der Waals surface area contributed by atoms with Gasteiger partial charge in [-0.15, -0.1) is 0 Å². The molecule has 3 heterocycles. The molecule has 0 saturated carbocycles. The van der Waals surface area contributed by atoms with Gasteiger partial charge in [0.2, 0.25) is 5.43 Å². The number of aromatic nitrogens is 1. The molecule has 0 spiro atoms. The van der Waals surface area contributed by atoms with Crippen LogP contribution in [0.15, 0.2) is 17.1 Å². The molecule has 1 fully saturated rings. The molecule has 1 saturated heterocycles. The molecule has 1 N–H and O–H groups in total. The summed E-state index contributed by atoms with van der Waals surface area (Å²) in [7, 11) is 0. The van der Waals surface area contributed by atoms with Gasteiger partial charge in [0, 0.05) is 36.3 Å².